The zero-order valence-corrected chi connectivity index (χ0v) is 16.5. The number of ether oxygens (including phenoxy) is 1. The third-order valence-electron chi connectivity index (χ3n) is 6.78. The van der Waals surface area contributed by atoms with Crippen molar-refractivity contribution in [2.24, 2.45) is 11.8 Å². The fraction of sp³-hybridized carbons (Fsp3) is 0.571. The zero-order valence-electron chi connectivity index (χ0n) is 16.5. The van der Waals surface area contributed by atoms with Crippen LogP contribution in [0.15, 0.2) is 30.5 Å². The molecule has 154 valence electrons. The number of fused-ring (bicyclic) bond motifs is 3. The van der Waals surface area contributed by atoms with Crippen LogP contribution in [0.2, 0.25) is 0 Å². The molecule has 2 aromatic rings. The van der Waals surface area contributed by atoms with Crippen LogP contribution in [0, 0.1) is 11.8 Å². The van der Waals surface area contributed by atoms with Gasteiger partial charge in [0.25, 0.3) is 0 Å². The Morgan fingerprint density at radius 2 is 2.17 bits per heavy atom. The number of quaternary nitrogens is 1. The van der Waals surface area contributed by atoms with Crippen LogP contribution in [-0.2, 0) is 16.1 Å². The van der Waals surface area contributed by atoms with E-state index in [1.165, 1.54) is 4.90 Å². The van der Waals surface area contributed by atoms with Crippen LogP contribution >= 0.6 is 0 Å². The summed E-state index contributed by atoms with van der Waals surface area (Å²) in [4.78, 5) is 16.5. The summed E-state index contributed by atoms with van der Waals surface area (Å²) in [6.07, 6.45) is 4.16. The van der Waals surface area contributed by atoms with Crippen molar-refractivity contribution in [1.82, 2.24) is 19.9 Å². The standard InChI is InChI=1S/C21H27N5O3/c27-18-3-1-2-16(11-18)20-14-26(23-22-20)12-17-10-15-4-5-25(17)13-19(15)21(28)24-6-8-29-9-7-24/h1-3,11,14-15,17,19,27H,4-10,12-13H2/p+1/t15-,17-,19+/m1/s1. The second-order valence-electron chi connectivity index (χ2n) is 8.51. The first-order valence-corrected chi connectivity index (χ1v) is 10.6. The van der Waals surface area contributed by atoms with E-state index in [1.54, 1.807) is 12.1 Å². The summed E-state index contributed by atoms with van der Waals surface area (Å²) in [6.45, 7) is 5.67. The Bertz CT molecular complexity index is 879. The second kappa shape index (κ2) is 7.76. The summed E-state index contributed by atoms with van der Waals surface area (Å²) in [5.41, 5.74) is 1.64. The lowest BCUT2D eigenvalue weighted by molar-refractivity contribution is -0.945. The van der Waals surface area contributed by atoms with Crippen molar-refractivity contribution in [2.75, 3.05) is 39.4 Å². The number of carbonyl (C=O) groups excluding carboxylic acids is 1. The summed E-state index contributed by atoms with van der Waals surface area (Å²) in [5.74, 6) is 1.20. The van der Waals surface area contributed by atoms with Crippen LogP contribution in [0.1, 0.15) is 12.8 Å². The molecule has 4 aliphatic rings. The molecule has 4 fully saturated rings. The van der Waals surface area contributed by atoms with Gasteiger partial charge < -0.3 is 19.6 Å². The predicted octanol–water partition coefficient (Wildman–Crippen LogP) is -0.197. The number of hydrogen-bond acceptors (Lipinski definition) is 5. The number of rotatable bonds is 4. The molecule has 1 aromatic heterocycles. The number of nitrogens with zero attached hydrogens (tertiary/aromatic N) is 4. The molecule has 4 aliphatic heterocycles. The topological polar surface area (TPSA) is 84.9 Å². The summed E-state index contributed by atoms with van der Waals surface area (Å²) in [6, 6.07) is 7.56. The van der Waals surface area contributed by atoms with Crippen LogP contribution in [0.5, 0.6) is 5.75 Å². The lowest BCUT2D eigenvalue weighted by atomic mass is 9.75. The molecule has 0 aliphatic carbocycles. The number of aromatic nitrogens is 3. The fourth-order valence-corrected chi connectivity index (χ4v) is 5.23. The van der Waals surface area contributed by atoms with E-state index in [0.29, 0.717) is 31.1 Å². The molecule has 1 amide bonds. The maximum atomic E-state index is 13.0. The zero-order chi connectivity index (χ0) is 19.8. The highest BCUT2D eigenvalue weighted by atomic mass is 16.5. The Balaban J connectivity index is 1.24. The van der Waals surface area contributed by atoms with Crippen molar-refractivity contribution in [1.29, 1.82) is 0 Å². The van der Waals surface area contributed by atoms with Crippen LogP contribution in [0.4, 0.5) is 0 Å². The highest BCUT2D eigenvalue weighted by Gasteiger charge is 2.47. The molecule has 1 unspecified atom stereocenters. The maximum absolute atomic E-state index is 13.0. The molecule has 6 rings (SSSR count). The number of morpholine rings is 1. The predicted molar refractivity (Wildman–Crippen MR) is 105 cm³/mol. The Morgan fingerprint density at radius 1 is 1.31 bits per heavy atom. The third-order valence-corrected chi connectivity index (χ3v) is 6.78. The van der Waals surface area contributed by atoms with Gasteiger partial charge in [-0.2, -0.15) is 0 Å². The number of aromatic hydroxyl groups is 1. The van der Waals surface area contributed by atoms with Crippen molar-refractivity contribution < 1.29 is 19.5 Å². The van der Waals surface area contributed by atoms with Gasteiger partial charge in [0.05, 0.1) is 45.0 Å². The quantitative estimate of drug-likeness (QED) is 0.745. The number of piperidine rings is 3. The van der Waals surface area contributed by atoms with Gasteiger partial charge in [-0.1, -0.05) is 17.3 Å². The van der Waals surface area contributed by atoms with Crippen LogP contribution in [0.25, 0.3) is 11.3 Å². The van der Waals surface area contributed by atoms with Crippen molar-refractivity contribution in [3.8, 4) is 17.0 Å². The number of hydrogen-bond donors (Lipinski definition) is 2. The molecule has 1 aromatic carbocycles. The van der Waals surface area contributed by atoms with E-state index in [2.05, 4.69) is 10.3 Å². The summed E-state index contributed by atoms with van der Waals surface area (Å²) >= 11 is 0. The second-order valence-corrected chi connectivity index (χ2v) is 8.51. The molecule has 2 bridgehead atoms. The highest BCUT2D eigenvalue weighted by molar-refractivity contribution is 5.79. The van der Waals surface area contributed by atoms with Crippen molar-refractivity contribution >= 4 is 5.91 Å². The minimum absolute atomic E-state index is 0.159. The maximum Gasteiger partial charge on any atom is 0.231 e. The SMILES string of the molecule is O=C([C@H]1C[NH+]2CC[C@@H]1C[C@@H]2Cn1cc(-c2cccc(O)c2)nn1)N1CCOCC1. The van der Waals surface area contributed by atoms with Crippen molar-refractivity contribution in [2.45, 2.75) is 25.4 Å². The number of nitrogens with one attached hydrogen (secondary N) is 1. The van der Waals surface area contributed by atoms with Gasteiger partial charge in [0.1, 0.15) is 17.5 Å². The number of amides is 1. The van der Waals surface area contributed by atoms with E-state index < -0.39 is 0 Å². The molecule has 4 saturated heterocycles. The normalized spacial score (nSPS) is 29.2. The average Bonchev–Trinajstić information content (AvgIpc) is 3.23. The molecule has 0 spiro atoms. The van der Waals surface area contributed by atoms with E-state index >= 15 is 0 Å². The minimum Gasteiger partial charge on any atom is -0.508 e. The fourth-order valence-electron chi connectivity index (χ4n) is 5.23. The summed E-state index contributed by atoms with van der Waals surface area (Å²) in [7, 11) is 0. The first-order chi connectivity index (χ1) is 14.2. The van der Waals surface area contributed by atoms with Gasteiger partial charge >= 0.3 is 0 Å². The van der Waals surface area contributed by atoms with E-state index in [9.17, 15) is 9.90 Å². The van der Waals surface area contributed by atoms with Gasteiger partial charge in [0.2, 0.25) is 5.91 Å². The van der Waals surface area contributed by atoms with Gasteiger partial charge in [0, 0.05) is 31.5 Å². The molecule has 8 heteroatoms. The molecule has 2 N–H and O–H groups in total. The Kier molecular flexibility index (Phi) is 4.97. The Labute approximate surface area is 170 Å². The van der Waals surface area contributed by atoms with E-state index in [1.807, 2.05) is 27.9 Å². The highest BCUT2D eigenvalue weighted by Crippen LogP contribution is 2.29. The molecular formula is C21H28N5O3+. The molecule has 8 nitrogen and oxygen atoms in total. The smallest absolute Gasteiger partial charge is 0.231 e. The monoisotopic (exact) mass is 398 g/mol. The first kappa shape index (κ1) is 18.6. The Hall–Kier alpha value is -2.45. The first-order valence-electron chi connectivity index (χ1n) is 10.6. The molecule has 5 heterocycles. The van der Waals surface area contributed by atoms with E-state index in [4.69, 9.17) is 4.74 Å². The van der Waals surface area contributed by atoms with Crippen LogP contribution in [-0.4, -0.2) is 76.3 Å². The Morgan fingerprint density at radius 3 is 2.93 bits per heavy atom. The van der Waals surface area contributed by atoms with Gasteiger partial charge in [-0.25, -0.2) is 4.68 Å². The van der Waals surface area contributed by atoms with E-state index in [0.717, 1.165) is 56.8 Å². The summed E-state index contributed by atoms with van der Waals surface area (Å²) in [5, 5.41) is 18.3. The average molecular weight is 398 g/mol. The molecule has 29 heavy (non-hydrogen) atoms. The number of benzene rings is 1. The summed E-state index contributed by atoms with van der Waals surface area (Å²) < 4.78 is 7.31. The van der Waals surface area contributed by atoms with Crippen LogP contribution < -0.4 is 4.90 Å². The third kappa shape index (κ3) is 3.74. The minimum atomic E-state index is 0.159. The molecular weight excluding hydrogens is 370 g/mol. The van der Waals surface area contributed by atoms with Crippen molar-refractivity contribution in [3.05, 3.63) is 30.5 Å². The molecule has 4 atom stereocenters. The van der Waals surface area contributed by atoms with Crippen molar-refractivity contribution in [3.63, 3.8) is 0 Å². The largest absolute Gasteiger partial charge is 0.508 e. The van der Waals surface area contributed by atoms with Gasteiger partial charge in [0.15, 0.2) is 0 Å². The number of phenols is 1. The van der Waals surface area contributed by atoms with Crippen LogP contribution in [0.3, 0.4) is 0 Å². The van der Waals surface area contributed by atoms with E-state index in [-0.39, 0.29) is 11.7 Å². The molecule has 0 radical (unpaired) electrons. The number of carbonyl (C=O) groups is 1. The van der Waals surface area contributed by atoms with Gasteiger partial charge in [-0.05, 0) is 18.1 Å². The van der Waals surface area contributed by atoms with Gasteiger partial charge in [-0.15, -0.1) is 5.10 Å². The lowest BCUT2D eigenvalue weighted by Crippen LogP contribution is -3.20. The van der Waals surface area contributed by atoms with Gasteiger partial charge in [-0.3, -0.25) is 4.79 Å². The molecule has 0 saturated carbocycles. The number of phenolic OH excluding ortho intramolecular Hbond substituents is 1. The lowest BCUT2D eigenvalue weighted by Gasteiger charge is -2.47.